The molecule has 0 saturated heterocycles. The van der Waals surface area contributed by atoms with Crippen LogP contribution in [0.3, 0.4) is 0 Å². The zero-order valence-corrected chi connectivity index (χ0v) is 10.2. The van der Waals surface area contributed by atoms with Gasteiger partial charge in [-0.3, -0.25) is 4.79 Å². The van der Waals surface area contributed by atoms with E-state index in [1.807, 2.05) is 20.8 Å². The molecule has 14 heavy (non-hydrogen) atoms. The molecule has 0 aliphatic carbocycles. The first kappa shape index (κ1) is 11.2. The molecule has 1 aromatic rings. The molecule has 0 bridgehead atoms. The highest BCUT2D eigenvalue weighted by molar-refractivity contribution is 9.10. The molecular weight excluding hydrogens is 242 g/mol. The van der Waals surface area contributed by atoms with E-state index in [1.54, 1.807) is 18.2 Å². The monoisotopic (exact) mass is 255 g/mol. The summed E-state index contributed by atoms with van der Waals surface area (Å²) in [6, 6.07) is 5.26. The molecule has 0 unspecified atom stereocenters. The lowest BCUT2D eigenvalue weighted by Gasteiger charge is -2.16. The van der Waals surface area contributed by atoms with Crippen LogP contribution < -0.4 is 5.73 Å². The molecule has 0 amide bonds. The van der Waals surface area contributed by atoms with Gasteiger partial charge in [0.2, 0.25) is 0 Å². The number of hydrogen-bond acceptors (Lipinski definition) is 2. The van der Waals surface area contributed by atoms with Gasteiger partial charge in [0.15, 0.2) is 5.78 Å². The van der Waals surface area contributed by atoms with Crippen LogP contribution in [-0.4, -0.2) is 5.78 Å². The van der Waals surface area contributed by atoms with Crippen molar-refractivity contribution in [2.45, 2.75) is 20.8 Å². The first-order chi connectivity index (χ1) is 6.32. The minimum atomic E-state index is -0.352. The van der Waals surface area contributed by atoms with E-state index < -0.39 is 0 Å². The maximum atomic E-state index is 11.9. The highest BCUT2D eigenvalue weighted by atomic mass is 79.9. The highest BCUT2D eigenvalue weighted by Gasteiger charge is 2.22. The van der Waals surface area contributed by atoms with Crippen molar-refractivity contribution in [2.24, 2.45) is 5.41 Å². The van der Waals surface area contributed by atoms with Crippen LogP contribution in [0.5, 0.6) is 0 Å². The van der Waals surface area contributed by atoms with E-state index in [4.69, 9.17) is 5.73 Å². The fraction of sp³-hybridized carbons (Fsp3) is 0.364. The van der Waals surface area contributed by atoms with Crippen LogP contribution in [0, 0.1) is 5.41 Å². The standard InChI is InChI=1S/C11H14BrNO/c1-11(2,3)10(14)7-4-5-9(13)8(12)6-7/h4-6H,13H2,1-3H3. The molecule has 3 heteroatoms. The topological polar surface area (TPSA) is 43.1 Å². The van der Waals surface area contributed by atoms with E-state index in [0.29, 0.717) is 11.3 Å². The molecule has 0 radical (unpaired) electrons. The van der Waals surface area contributed by atoms with Gasteiger partial charge in [0.25, 0.3) is 0 Å². The Labute approximate surface area is 92.6 Å². The van der Waals surface area contributed by atoms with Crippen molar-refractivity contribution >= 4 is 27.4 Å². The van der Waals surface area contributed by atoms with Crippen LogP contribution in [0.4, 0.5) is 5.69 Å². The average Bonchev–Trinajstić information content (AvgIpc) is 2.07. The number of benzene rings is 1. The average molecular weight is 256 g/mol. The molecule has 0 aliphatic heterocycles. The molecular formula is C11H14BrNO. The summed E-state index contributed by atoms with van der Waals surface area (Å²) in [7, 11) is 0. The molecule has 0 fully saturated rings. The van der Waals surface area contributed by atoms with Gasteiger partial charge in [-0.2, -0.15) is 0 Å². The van der Waals surface area contributed by atoms with Gasteiger partial charge in [-0.15, -0.1) is 0 Å². The van der Waals surface area contributed by atoms with Crippen molar-refractivity contribution in [3.8, 4) is 0 Å². The normalized spacial score (nSPS) is 11.4. The minimum Gasteiger partial charge on any atom is -0.398 e. The molecule has 1 aromatic carbocycles. The largest absolute Gasteiger partial charge is 0.398 e. The quantitative estimate of drug-likeness (QED) is 0.619. The molecule has 76 valence electrons. The van der Waals surface area contributed by atoms with Crippen LogP contribution in [0.15, 0.2) is 22.7 Å². The van der Waals surface area contributed by atoms with E-state index in [1.165, 1.54) is 0 Å². The summed E-state index contributed by atoms with van der Waals surface area (Å²) in [5.74, 6) is 0.123. The van der Waals surface area contributed by atoms with Crippen LogP contribution in [0.1, 0.15) is 31.1 Å². The van der Waals surface area contributed by atoms with E-state index in [0.717, 1.165) is 4.47 Å². The number of nitrogen functional groups attached to an aromatic ring is 1. The SMILES string of the molecule is CC(C)(C)C(=O)c1ccc(N)c(Br)c1. The van der Waals surface area contributed by atoms with Gasteiger partial charge in [0, 0.05) is 21.1 Å². The number of hydrogen-bond donors (Lipinski definition) is 1. The molecule has 0 aliphatic rings. The molecule has 0 heterocycles. The zero-order valence-electron chi connectivity index (χ0n) is 8.60. The summed E-state index contributed by atoms with van der Waals surface area (Å²) >= 11 is 3.30. The van der Waals surface area contributed by atoms with Crippen LogP contribution >= 0.6 is 15.9 Å². The first-order valence-corrected chi connectivity index (χ1v) is 5.21. The maximum absolute atomic E-state index is 11.9. The summed E-state index contributed by atoms with van der Waals surface area (Å²) in [6.07, 6.45) is 0. The Balaban J connectivity index is 3.10. The molecule has 0 aromatic heterocycles. The van der Waals surface area contributed by atoms with Crippen molar-refractivity contribution in [3.05, 3.63) is 28.2 Å². The lowest BCUT2D eigenvalue weighted by molar-refractivity contribution is 0.0858. The second-order valence-electron chi connectivity index (χ2n) is 4.32. The van der Waals surface area contributed by atoms with Gasteiger partial charge in [0.1, 0.15) is 0 Å². The molecule has 0 atom stereocenters. The fourth-order valence-corrected chi connectivity index (χ4v) is 1.48. The second kappa shape index (κ2) is 3.73. The minimum absolute atomic E-state index is 0.123. The van der Waals surface area contributed by atoms with Gasteiger partial charge >= 0.3 is 0 Å². The molecule has 2 N–H and O–H groups in total. The van der Waals surface area contributed by atoms with Gasteiger partial charge in [-0.25, -0.2) is 0 Å². The maximum Gasteiger partial charge on any atom is 0.168 e. The third kappa shape index (κ3) is 2.35. The molecule has 0 saturated carbocycles. The van der Waals surface area contributed by atoms with E-state index >= 15 is 0 Å². The van der Waals surface area contributed by atoms with Gasteiger partial charge in [-0.05, 0) is 34.1 Å². The third-order valence-electron chi connectivity index (χ3n) is 1.94. The van der Waals surface area contributed by atoms with Gasteiger partial charge < -0.3 is 5.73 Å². The number of carbonyl (C=O) groups excluding carboxylic acids is 1. The predicted octanol–water partition coefficient (Wildman–Crippen LogP) is 3.26. The Morgan fingerprint density at radius 1 is 1.36 bits per heavy atom. The van der Waals surface area contributed by atoms with Crippen molar-refractivity contribution in [1.29, 1.82) is 0 Å². The van der Waals surface area contributed by atoms with Crippen molar-refractivity contribution in [2.75, 3.05) is 5.73 Å². The number of nitrogens with two attached hydrogens (primary N) is 1. The van der Waals surface area contributed by atoms with Crippen LogP contribution in [0.2, 0.25) is 0 Å². The number of halogens is 1. The third-order valence-corrected chi connectivity index (χ3v) is 2.63. The number of Topliss-reactive ketones (excluding diaryl/α,β-unsaturated/α-hetero) is 1. The van der Waals surface area contributed by atoms with Gasteiger partial charge in [0.05, 0.1) is 0 Å². The Kier molecular flexibility index (Phi) is 3.00. The summed E-state index contributed by atoms with van der Waals surface area (Å²) in [5.41, 5.74) is 6.63. The summed E-state index contributed by atoms with van der Waals surface area (Å²) in [6.45, 7) is 5.71. The molecule has 1 rings (SSSR count). The van der Waals surface area contributed by atoms with Gasteiger partial charge in [-0.1, -0.05) is 20.8 Å². The number of rotatable bonds is 1. The van der Waals surface area contributed by atoms with E-state index in [9.17, 15) is 4.79 Å². The Bertz CT molecular complexity index is 366. The summed E-state index contributed by atoms with van der Waals surface area (Å²) in [4.78, 5) is 11.9. The highest BCUT2D eigenvalue weighted by Crippen LogP contribution is 2.25. The van der Waals surface area contributed by atoms with E-state index in [-0.39, 0.29) is 11.2 Å². The Morgan fingerprint density at radius 2 is 1.93 bits per heavy atom. The Hall–Kier alpha value is -0.830. The number of carbonyl (C=O) groups is 1. The lowest BCUT2D eigenvalue weighted by Crippen LogP contribution is -2.20. The lowest BCUT2D eigenvalue weighted by atomic mass is 9.86. The summed E-state index contributed by atoms with van der Waals surface area (Å²) in [5, 5.41) is 0. The van der Waals surface area contributed by atoms with Crippen molar-refractivity contribution in [3.63, 3.8) is 0 Å². The number of ketones is 1. The molecule has 0 spiro atoms. The Morgan fingerprint density at radius 3 is 2.36 bits per heavy atom. The number of anilines is 1. The summed E-state index contributed by atoms with van der Waals surface area (Å²) < 4.78 is 0.771. The van der Waals surface area contributed by atoms with Crippen LogP contribution in [0.25, 0.3) is 0 Å². The second-order valence-corrected chi connectivity index (χ2v) is 5.17. The van der Waals surface area contributed by atoms with E-state index in [2.05, 4.69) is 15.9 Å². The van der Waals surface area contributed by atoms with Crippen molar-refractivity contribution in [1.82, 2.24) is 0 Å². The molecule has 2 nitrogen and oxygen atoms in total. The predicted molar refractivity (Wildman–Crippen MR) is 62.3 cm³/mol. The fourth-order valence-electron chi connectivity index (χ4n) is 1.10. The van der Waals surface area contributed by atoms with Crippen LogP contribution in [-0.2, 0) is 0 Å². The smallest absolute Gasteiger partial charge is 0.168 e. The first-order valence-electron chi connectivity index (χ1n) is 4.42. The zero-order chi connectivity index (χ0) is 10.9. The van der Waals surface area contributed by atoms with Crippen molar-refractivity contribution < 1.29 is 4.79 Å².